The summed E-state index contributed by atoms with van der Waals surface area (Å²) in [6, 6.07) is 6.12. The predicted molar refractivity (Wildman–Crippen MR) is 67.7 cm³/mol. The highest BCUT2D eigenvalue weighted by Gasteiger charge is 2.19. The summed E-state index contributed by atoms with van der Waals surface area (Å²) in [4.78, 5) is 12.2. The largest absolute Gasteiger partial charge is 0.508 e. The van der Waals surface area contributed by atoms with Crippen molar-refractivity contribution in [3.8, 4) is 23.0 Å². The molecule has 0 aliphatic heterocycles. The van der Waals surface area contributed by atoms with Gasteiger partial charge in [-0.3, -0.25) is 4.79 Å². The zero-order valence-corrected chi connectivity index (χ0v) is 10.1. The van der Waals surface area contributed by atoms with Crippen LogP contribution in [0.5, 0.6) is 23.0 Å². The standard InChI is InChI=1S/C14H12O5/c1-7-11(16)5-4-10(13(7)18)14(19)9-3-2-8(15)6-12(9)17/h2-6,15-18H,1H3. The van der Waals surface area contributed by atoms with E-state index in [0.717, 1.165) is 6.07 Å². The molecule has 4 N–H and O–H groups in total. The SMILES string of the molecule is Cc1c(O)ccc(C(=O)c2ccc(O)cc2O)c1O. The van der Waals surface area contributed by atoms with E-state index in [1.807, 2.05) is 0 Å². The number of benzene rings is 2. The number of hydrogen-bond acceptors (Lipinski definition) is 5. The summed E-state index contributed by atoms with van der Waals surface area (Å²) >= 11 is 0. The van der Waals surface area contributed by atoms with Crippen LogP contribution in [-0.2, 0) is 0 Å². The first kappa shape index (κ1) is 12.8. The van der Waals surface area contributed by atoms with E-state index < -0.39 is 5.78 Å². The van der Waals surface area contributed by atoms with Gasteiger partial charge in [0.15, 0.2) is 5.78 Å². The maximum Gasteiger partial charge on any atom is 0.200 e. The lowest BCUT2D eigenvalue weighted by molar-refractivity contribution is 0.103. The van der Waals surface area contributed by atoms with Gasteiger partial charge in [-0.25, -0.2) is 0 Å². The number of phenolic OH excluding ortho intramolecular Hbond substituents is 4. The summed E-state index contributed by atoms with van der Waals surface area (Å²) in [6.45, 7) is 1.47. The van der Waals surface area contributed by atoms with E-state index in [1.165, 1.54) is 31.2 Å². The minimum absolute atomic E-state index is 0.0312. The summed E-state index contributed by atoms with van der Waals surface area (Å²) in [5.74, 6) is -1.60. The molecule has 0 heterocycles. The molecular formula is C14H12O5. The molecule has 0 saturated heterocycles. The minimum Gasteiger partial charge on any atom is -0.508 e. The summed E-state index contributed by atoms with van der Waals surface area (Å²) in [7, 11) is 0. The molecule has 19 heavy (non-hydrogen) atoms. The third kappa shape index (κ3) is 2.18. The van der Waals surface area contributed by atoms with Crippen molar-refractivity contribution >= 4 is 5.78 Å². The first-order chi connectivity index (χ1) is 8.91. The fourth-order valence-electron chi connectivity index (χ4n) is 1.73. The number of carbonyl (C=O) groups excluding carboxylic acids is 1. The quantitative estimate of drug-likeness (QED) is 0.619. The molecule has 0 radical (unpaired) electrons. The molecule has 98 valence electrons. The molecule has 0 aromatic heterocycles. The van der Waals surface area contributed by atoms with Gasteiger partial charge in [-0.05, 0) is 31.2 Å². The van der Waals surface area contributed by atoms with E-state index in [-0.39, 0.29) is 39.7 Å². The molecule has 0 amide bonds. The molecule has 0 fully saturated rings. The molecule has 5 nitrogen and oxygen atoms in total. The Balaban J connectivity index is 2.53. The maximum atomic E-state index is 12.2. The molecule has 0 aliphatic rings. The lowest BCUT2D eigenvalue weighted by Crippen LogP contribution is -2.02. The lowest BCUT2D eigenvalue weighted by atomic mass is 9.99. The molecule has 0 bridgehead atoms. The van der Waals surface area contributed by atoms with Crippen molar-refractivity contribution in [3.05, 3.63) is 47.0 Å². The Morgan fingerprint density at radius 2 is 1.53 bits per heavy atom. The Labute approximate surface area is 109 Å². The van der Waals surface area contributed by atoms with E-state index in [9.17, 15) is 25.2 Å². The Kier molecular flexibility index (Phi) is 3.04. The fourth-order valence-corrected chi connectivity index (χ4v) is 1.73. The van der Waals surface area contributed by atoms with Crippen LogP contribution in [0.25, 0.3) is 0 Å². The zero-order valence-electron chi connectivity index (χ0n) is 10.1. The fraction of sp³-hybridized carbons (Fsp3) is 0.0714. The average molecular weight is 260 g/mol. The third-order valence-corrected chi connectivity index (χ3v) is 2.87. The van der Waals surface area contributed by atoms with Crippen LogP contribution in [0.2, 0.25) is 0 Å². The number of phenols is 4. The second kappa shape index (κ2) is 4.53. The Hall–Kier alpha value is -2.69. The Morgan fingerprint density at radius 3 is 2.16 bits per heavy atom. The van der Waals surface area contributed by atoms with Crippen LogP contribution in [0.1, 0.15) is 21.5 Å². The average Bonchev–Trinajstić information content (AvgIpc) is 2.35. The summed E-state index contributed by atoms with van der Waals surface area (Å²) < 4.78 is 0. The van der Waals surface area contributed by atoms with E-state index in [2.05, 4.69) is 0 Å². The molecule has 0 aliphatic carbocycles. The van der Waals surface area contributed by atoms with Gasteiger partial charge in [0.05, 0.1) is 11.1 Å². The van der Waals surface area contributed by atoms with Gasteiger partial charge in [-0.15, -0.1) is 0 Å². The summed E-state index contributed by atoms with van der Waals surface area (Å²) in [5.41, 5.74) is 0.110. The molecular weight excluding hydrogens is 248 g/mol. The molecule has 2 aromatic rings. The molecule has 2 aromatic carbocycles. The van der Waals surface area contributed by atoms with Crippen LogP contribution >= 0.6 is 0 Å². The van der Waals surface area contributed by atoms with Crippen LogP contribution < -0.4 is 0 Å². The van der Waals surface area contributed by atoms with E-state index in [0.29, 0.717) is 0 Å². The normalized spacial score (nSPS) is 10.4. The van der Waals surface area contributed by atoms with Gasteiger partial charge in [-0.1, -0.05) is 0 Å². The topological polar surface area (TPSA) is 98.0 Å². The van der Waals surface area contributed by atoms with Crippen LogP contribution in [-0.4, -0.2) is 26.2 Å². The van der Waals surface area contributed by atoms with Crippen molar-refractivity contribution < 1.29 is 25.2 Å². The smallest absolute Gasteiger partial charge is 0.200 e. The van der Waals surface area contributed by atoms with Crippen molar-refractivity contribution in [1.29, 1.82) is 0 Å². The Morgan fingerprint density at radius 1 is 0.895 bits per heavy atom. The minimum atomic E-state index is -0.599. The number of hydrogen-bond donors (Lipinski definition) is 4. The number of ketones is 1. The van der Waals surface area contributed by atoms with Gasteiger partial charge in [0, 0.05) is 11.6 Å². The Bertz CT molecular complexity index is 661. The summed E-state index contributed by atoms with van der Waals surface area (Å²) in [6.07, 6.45) is 0. The van der Waals surface area contributed by atoms with Gasteiger partial charge < -0.3 is 20.4 Å². The first-order valence-corrected chi connectivity index (χ1v) is 5.50. The first-order valence-electron chi connectivity index (χ1n) is 5.50. The number of rotatable bonds is 2. The van der Waals surface area contributed by atoms with Gasteiger partial charge >= 0.3 is 0 Å². The van der Waals surface area contributed by atoms with Gasteiger partial charge in [-0.2, -0.15) is 0 Å². The highest BCUT2D eigenvalue weighted by Crippen LogP contribution is 2.33. The van der Waals surface area contributed by atoms with Crippen LogP contribution in [0, 0.1) is 6.92 Å². The van der Waals surface area contributed by atoms with Crippen molar-refractivity contribution in [2.24, 2.45) is 0 Å². The predicted octanol–water partition coefficient (Wildman–Crippen LogP) is 2.05. The summed E-state index contributed by atoms with van der Waals surface area (Å²) in [5, 5.41) is 38.1. The molecule has 5 heteroatoms. The highest BCUT2D eigenvalue weighted by molar-refractivity contribution is 6.12. The van der Waals surface area contributed by atoms with E-state index >= 15 is 0 Å². The lowest BCUT2D eigenvalue weighted by Gasteiger charge is -2.09. The molecule has 0 unspecified atom stereocenters. The van der Waals surface area contributed by atoms with Crippen LogP contribution in [0.4, 0.5) is 0 Å². The van der Waals surface area contributed by atoms with E-state index in [1.54, 1.807) is 0 Å². The number of carbonyl (C=O) groups is 1. The maximum absolute atomic E-state index is 12.2. The molecule has 0 saturated carbocycles. The zero-order chi connectivity index (χ0) is 14.2. The van der Waals surface area contributed by atoms with Gasteiger partial charge in [0.25, 0.3) is 0 Å². The molecule has 0 atom stereocenters. The molecule has 0 spiro atoms. The number of aromatic hydroxyl groups is 4. The monoisotopic (exact) mass is 260 g/mol. The molecule has 2 rings (SSSR count). The van der Waals surface area contributed by atoms with Crippen molar-refractivity contribution in [3.63, 3.8) is 0 Å². The van der Waals surface area contributed by atoms with Crippen LogP contribution in [0.15, 0.2) is 30.3 Å². The van der Waals surface area contributed by atoms with Crippen molar-refractivity contribution in [2.75, 3.05) is 0 Å². The van der Waals surface area contributed by atoms with Gasteiger partial charge in [0.1, 0.15) is 23.0 Å². The highest BCUT2D eigenvalue weighted by atomic mass is 16.3. The van der Waals surface area contributed by atoms with Crippen molar-refractivity contribution in [1.82, 2.24) is 0 Å². The van der Waals surface area contributed by atoms with Crippen LogP contribution in [0.3, 0.4) is 0 Å². The van der Waals surface area contributed by atoms with Crippen molar-refractivity contribution in [2.45, 2.75) is 6.92 Å². The van der Waals surface area contributed by atoms with Gasteiger partial charge in [0.2, 0.25) is 0 Å². The second-order valence-corrected chi connectivity index (χ2v) is 4.14. The van der Waals surface area contributed by atoms with E-state index in [4.69, 9.17) is 0 Å². The second-order valence-electron chi connectivity index (χ2n) is 4.14. The third-order valence-electron chi connectivity index (χ3n) is 2.87.